The molecule has 0 amide bonds. The Morgan fingerprint density at radius 2 is 1.63 bits per heavy atom. The molecule has 1 aliphatic rings. The normalized spacial score (nSPS) is 17.0. The third-order valence-corrected chi connectivity index (χ3v) is 8.03. The average molecular weight is 444 g/mol. The highest BCUT2D eigenvalue weighted by atomic mass is 32.2. The van der Waals surface area contributed by atoms with Crippen molar-refractivity contribution in [1.29, 1.82) is 0 Å². The van der Waals surface area contributed by atoms with E-state index in [1.165, 1.54) is 49.4 Å². The molecule has 3 nitrogen and oxygen atoms in total. The van der Waals surface area contributed by atoms with Crippen LogP contribution >= 0.6 is 23.9 Å². The first-order chi connectivity index (χ1) is 14.7. The molecule has 1 heterocycles. The molecule has 1 unspecified atom stereocenters. The van der Waals surface area contributed by atoms with E-state index < -0.39 is 0 Å². The molecular formula is C25H37N3S2. The molecule has 2 aromatic rings. The van der Waals surface area contributed by atoms with Gasteiger partial charge in [0.25, 0.3) is 0 Å². The number of likely N-dealkylation sites (N-methyl/N-ethyl adjacent to an activating group) is 1. The molecule has 1 fully saturated rings. The molecule has 0 aliphatic carbocycles. The lowest BCUT2D eigenvalue weighted by atomic mass is 9.94. The molecule has 0 saturated carbocycles. The van der Waals surface area contributed by atoms with Crippen molar-refractivity contribution in [1.82, 2.24) is 13.5 Å². The third kappa shape index (κ3) is 7.31. The minimum absolute atomic E-state index is 0.559. The summed E-state index contributed by atoms with van der Waals surface area (Å²) in [5.41, 5.74) is 1.47. The molecule has 0 spiro atoms. The molecule has 0 N–H and O–H groups in total. The molecule has 164 valence electrons. The van der Waals surface area contributed by atoms with E-state index in [0.29, 0.717) is 5.92 Å². The molecule has 3 rings (SSSR count). The van der Waals surface area contributed by atoms with Gasteiger partial charge in [0.05, 0.1) is 0 Å². The lowest BCUT2D eigenvalue weighted by Gasteiger charge is -2.37. The Bertz CT molecular complexity index is 701. The average Bonchev–Trinajstić information content (AvgIpc) is 2.79. The van der Waals surface area contributed by atoms with Gasteiger partial charge in [0.15, 0.2) is 0 Å². The second-order valence-electron chi connectivity index (χ2n) is 8.10. The predicted molar refractivity (Wildman–Crippen MR) is 134 cm³/mol. The summed E-state index contributed by atoms with van der Waals surface area (Å²) in [6.45, 7) is 8.15. The smallest absolute Gasteiger partial charge is 0.0230 e. The fourth-order valence-electron chi connectivity index (χ4n) is 4.40. The summed E-state index contributed by atoms with van der Waals surface area (Å²) in [5, 5.41) is 0. The van der Waals surface area contributed by atoms with Crippen molar-refractivity contribution in [2.75, 3.05) is 46.0 Å². The quantitative estimate of drug-likeness (QED) is 0.401. The summed E-state index contributed by atoms with van der Waals surface area (Å²) >= 11 is 3.76. The largest absolute Gasteiger partial charge is 0.303 e. The maximum absolute atomic E-state index is 2.69. The maximum Gasteiger partial charge on any atom is 0.0230 e. The van der Waals surface area contributed by atoms with Gasteiger partial charge in [-0.25, -0.2) is 8.61 Å². The summed E-state index contributed by atoms with van der Waals surface area (Å²) in [6.07, 6.45) is 6.03. The zero-order valence-corrected chi connectivity index (χ0v) is 20.4. The van der Waals surface area contributed by atoms with Crippen LogP contribution in [0, 0.1) is 0 Å². The van der Waals surface area contributed by atoms with Gasteiger partial charge in [0, 0.05) is 24.0 Å². The van der Waals surface area contributed by atoms with Crippen LogP contribution in [0.5, 0.6) is 0 Å². The molecule has 0 bridgehead atoms. The van der Waals surface area contributed by atoms with Crippen molar-refractivity contribution in [2.24, 2.45) is 0 Å². The van der Waals surface area contributed by atoms with Crippen molar-refractivity contribution in [3.63, 3.8) is 0 Å². The zero-order chi connectivity index (χ0) is 21.2. The van der Waals surface area contributed by atoms with Crippen LogP contribution in [0.4, 0.5) is 0 Å². The molecular weight excluding hydrogens is 406 g/mol. The van der Waals surface area contributed by atoms with E-state index in [1.54, 1.807) is 0 Å². The van der Waals surface area contributed by atoms with E-state index in [0.717, 1.165) is 19.1 Å². The first-order valence-corrected chi connectivity index (χ1v) is 13.2. The first kappa shape index (κ1) is 23.7. The third-order valence-electron chi connectivity index (χ3n) is 6.06. The van der Waals surface area contributed by atoms with Gasteiger partial charge in [-0.1, -0.05) is 67.4 Å². The summed E-state index contributed by atoms with van der Waals surface area (Å²) in [4.78, 5) is 3.99. The molecule has 0 aromatic heterocycles. The molecule has 1 saturated heterocycles. The van der Waals surface area contributed by atoms with Gasteiger partial charge in [-0.3, -0.25) is 0 Å². The molecule has 30 heavy (non-hydrogen) atoms. The molecule has 0 radical (unpaired) electrons. The number of hydrogen-bond acceptors (Lipinski definition) is 5. The van der Waals surface area contributed by atoms with E-state index in [9.17, 15) is 0 Å². The van der Waals surface area contributed by atoms with Crippen LogP contribution in [0.1, 0.15) is 37.7 Å². The number of benzene rings is 2. The first-order valence-electron chi connectivity index (χ1n) is 11.2. The molecule has 5 heteroatoms. The Morgan fingerprint density at radius 1 is 1.00 bits per heavy atom. The van der Waals surface area contributed by atoms with E-state index in [4.69, 9.17) is 0 Å². The fourth-order valence-corrected chi connectivity index (χ4v) is 6.06. The van der Waals surface area contributed by atoms with Gasteiger partial charge in [0.1, 0.15) is 0 Å². The van der Waals surface area contributed by atoms with E-state index in [-0.39, 0.29) is 0 Å². The number of nitrogens with zero attached hydrogens (tertiary/aromatic N) is 3. The van der Waals surface area contributed by atoms with Crippen molar-refractivity contribution >= 4 is 23.9 Å². The Kier molecular flexibility index (Phi) is 10.1. The van der Waals surface area contributed by atoms with Crippen molar-refractivity contribution in [3.05, 3.63) is 66.2 Å². The van der Waals surface area contributed by atoms with Crippen LogP contribution in [-0.4, -0.2) is 65.6 Å². The lowest BCUT2D eigenvalue weighted by molar-refractivity contribution is 0.162. The minimum Gasteiger partial charge on any atom is -0.303 e. The van der Waals surface area contributed by atoms with Gasteiger partial charge in [-0.15, -0.1) is 0 Å². The lowest BCUT2D eigenvalue weighted by Crippen LogP contribution is -2.42. The number of rotatable bonds is 11. The Morgan fingerprint density at radius 3 is 2.23 bits per heavy atom. The van der Waals surface area contributed by atoms with Crippen LogP contribution in [0.15, 0.2) is 65.6 Å². The van der Waals surface area contributed by atoms with Crippen molar-refractivity contribution in [3.8, 4) is 0 Å². The van der Waals surface area contributed by atoms with E-state index >= 15 is 0 Å². The SMILES string of the molecule is CCN(SC)C1CCN(CCC(CN(C)Sc2ccccc2)c2ccccc2)CC1. The highest BCUT2D eigenvalue weighted by Gasteiger charge is 2.24. The fraction of sp³-hybridized carbons (Fsp3) is 0.520. The minimum atomic E-state index is 0.559. The van der Waals surface area contributed by atoms with Gasteiger partial charge in [0.2, 0.25) is 0 Å². The number of likely N-dealkylation sites (tertiary alicyclic amines) is 1. The monoisotopic (exact) mass is 443 g/mol. The predicted octanol–water partition coefficient (Wildman–Crippen LogP) is 5.86. The zero-order valence-electron chi connectivity index (χ0n) is 18.7. The molecule has 2 aromatic carbocycles. The molecule has 1 atom stereocenters. The van der Waals surface area contributed by atoms with E-state index in [2.05, 4.69) is 94.4 Å². The Labute approximate surface area is 192 Å². The van der Waals surface area contributed by atoms with Crippen LogP contribution in [0.2, 0.25) is 0 Å². The van der Waals surface area contributed by atoms with Crippen molar-refractivity contribution in [2.45, 2.75) is 43.0 Å². The van der Waals surface area contributed by atoms with Crippen LogP contribution in [0.3, 0.4) is 0 Å². The maximum atomic E-state index is 2.69. The standard InChI is InChI=1S/C25H37N3S2/c1-4-28(29-3)24-16-19-27(20-17-24)18-15-23(22-11-7-5-8-12-22)21-26(2)30-25-13-9-6-10-14-25/h5-14,23-24H,4,15-21H2,1-3H3. The number of piperidine rings is 1. The van der Waals surface area contributed by atoms with Gasteiger partial charge >= 0.3 is 0 Å². The summed E-state index contributed by atoms with van der Waals surface area (Å²) in [5.74, 6) is 0.559. The van der Waals surface area contributed by atoms with Gasteiger partial charge in [-0.2, -0.15) is 0 Å². The summed E-state index contributed by atoms with van der Waals surface area (Å²) in [6, 6.07) is 22.5. The Balaban J connectivity index is 1.53. The molecule has 1 aliphatic heterocycles. The van der Waals surface area contributed by atoms with Crippen molar-refractivity contribution < 1.29 is 0 Å². The topological polar surface area (TPSA) is 9.72 Å². The summed E-state index contributed by atoms with van der Waals surface area (Å²) < 4.78 is 4.96. The second-order valence-corrected chi connectivity index (χ2v) is 10.2. The summed E-state index contributed by atoms with van der Waals surface area (Å²) in [7, 11) is 2.22. The van der Waals surface area contributed by atoms with Crippen LogP contribution in [-0.2, 0) is 0 Å². The van der Waals surface area contributed by atoms with Crippen LogP contribution in [0.25, 0.3) is 0 Å². The Hall–Kier alpha value is -0.980. The second kappa shape index (κ2) is 12.8. The van der Waals surface area contributed by atoms with Crippen LogP contribution < -0.4 is 0 Å². The highest BCUT2D eigenvalue weighted by molar-refractivity contribution is 7.97. The number of hydrogen-bond donors (Lipinski definition) is 0. The van der Waals surface area contributed by atoms with Gasteiger partial charge in [-0.05, 0) is 87.8 Å². The highest BCUT2D eigenvalue weighted by Crippen LogP contribution is 2.28. The van der Waals surface area contributed by atoms with E-state index in [1.807, 2.05) is 23.9 Å². The van der Waals surface area contributed by atoms with Gasteiger partial charge < -0.3 is 4.90 Å².